The van der Waals surface area contributed by atoms with E-state index in [-0.39, 0.29) is 18.8 Å². The monoisotopic (exact) mass is 418 g/mol. The van der Waals surface area contributed by atoms with Crippen molar-refractivity contribution in [2.75, 3.05) is 6.54 Å². The number of hydrogen-bond donors (Lipinski definition) is 0. The van der Waals surface area contributed by atoms with Gasteiger partial charge in [0.15, 0.2) is 0 Å². The van der Waals surface area contributed by atoms with Gasteiger partial charge in [0.25, 0.3) is 5.69 Å². The molecule has 0 saturated heterocycles. The van der Waals surface area contributed by atoms with E-state index in [2.05, 4.69) is 22.5 Å². The van der Waals surface area contributed by atoms with Crippen molar-refractivity contribution in [1.82, 2.24) is 4.90 Å². The summed E-state index contributed by atoms with van der Waals surface area (Å²) < 4.78 is 14.7. The second-order valence-corrected chi connectivity index (χ2v) is 6.31. The number of benzene rings is 2. The molecule has 134 valence electrons. The van der Waals surface area contributed by atoms with Crippen molar-refractivity contribution in [3.8, 4) is 0 Å². The maximum Gasteiger partial charge on any atom is 0.276 e. The lowest BCUT2D eigenvalue weighted by Gasteiger charge is -2.20. The van der Waals surface area contributed by atoms with E-state index in [1.165, 1.54) is 35.3 Å². The van der Waals surface area contributed by atoms with Crippen LogP contribution in [0.2, 0.25) is 0 Å². The number of amides is 1. The topological polar surface area (TPSA) is 63.5 Å². The first kappa shape index (κ1) is 19.5. The molecule has 0 fully saturated rings. The van der Waals surface area contributed by atoms with Gasteiger partial charge in [-0.2, -0.15) is 0 Å². The first-order chi connectivity index (χ1) is 12.4. The Hall–Kier alpha value is -2.80. The summed E-state index contributed by atoms with van der Waals surface area (Å²) in [5.74, 6) is -0.819. The van der Waals surface area contributed by atoms with Crippen LogP contribution < -0.4 is 0 Å². The van der Waals surface area contributed by atoms with Crippen molar-refractivity contribution in [2.45, 2.75) is 6.54 Å². The smallest absolute Gasteiger partial charge is 0.276 e. The fourth-order valence-electron chi connectivity index (χ4n) is 2.32. The zero-order valence-electron chi connectivity index (χ0n) is 13.8. The molecule has 2 aromatic rings. The molecule has 0 aromatic heterocycles. The summed E-state index contributed by atoms with van der Waals surface area (Å²) in [6, 6.07) is 10.6. The van der Waals surface area contributed by atoms with E-state index < -0.39 is 16.6 Å². The maximum atomic E-state index is 13.9. The summed E-state index contributed by atoms with van der Waals surface area (Å²) >= 11 is 3.28. The number of nitro groups is 1. The Balaban J connectivity index is 2.22. The lowest BCUT2D eigenvalue weighted by Crippen LogP contribution is -2.29. The Morgan fingerprint density at radius 1 is 1.31 bits per heavy atom. The Morgan fingerprint density at radius 2 is 2.04 bits per heavy atom. The minimum absolute atomic E-state index is 0.0529. The molecule has 0 N–H and O–H groups in total. The molecule has 0 spiro atoms. The third-order valence-corrected chi connectivity index (χ3v) is 4.06. The van der Waals surface area contributed by atoms with Gasteiger partial charge < -0.3 is 4.90 Å². The molecule has 0 heterocycles. The summed E-state index contributed by atoms with van der Waals surface area (Å²) in [4.78, 5) is 24.4. The highest BCUT2D eigenvalue weighted by Gasteiger charge is 2.14. The van der Waals surface area contributed by atoms with E-state index in [0.717, 1.165) is 0 Å². The van der Waals surface area contributed by atoms with Crippen molar-refractivity contribution in [1.29, 1.82) is 0 Å². The summed E-state index contributed by atoms with van der Waals surface area (Å²) in [5, 5.41) is 11.0. The minimum Gasteiger partial charge on any atom is -0.331 e. The number of nitro benzene ring substituents is 1. The van der Waals surface area contributed by atoms with Crippen LogP contribution >= 0.6 is 15.9 Å². The standard InChI is InChI=1S/C19H16BrFN2O3/c1-2-11-22(13-15-12-16(20)8-9-17(15)21)19(24)10-7-14-5-3-4-6-18(14)23(25)26/h2-10,12H,1,11,13H2/b10-7+. The lowest BCUT2D eigenvalue weighted by atomic mass is 10.1. The number of nitrogens with zero attached hydrogens (tertiary/aromatic N) is 2. The van der Waals surface area contributed by atoms with E-state index in [1.54, 1.807) is 30.3 Å². The second kappa shape index (κ2) is 9.05. The zero-order chi connectivity index (χ0) is 19.1. The van der Waals surface area contributed by atoms with E-state index >= 15 is 0 Å². The van der Waals surface area contributed by atoms with Crippen LogP contribution in [0.1, 0.15) is 11.1 Å². The molecule has 1 amide bonds. The molecule has 0 saturated carbocycles. The van der Waals surface area contributed by atoms with E-state index in [1.807, 2.05) is 0 Å². The maximum absolute atomic E-state index is 13.9. The third-order valence-electron chi connectivity index (χ3n) is 3.57. The highest BCUT2D eigenvalue weighted by molar-refractivity contribution is 9.10. The van der Waals surface area contributed by atoms with Crippen LogP contribution in [-0.4, -0.2) is 22.3 Å². The van der Waals surface area contributed by atoms with Gasteiger partial charge in [-0.1, -0.05) is 34.1 Å². The molecule has 0 unspecified atom stereocenters. The van der Waals surface area contributed by atoms with E-state index in [4.69, 9.17) is 0 Å². The molecule has 0 aliphatic carbocycles. The van der Waals surface area contributed by atoms with Gasteiger partial charge in [-0.15, -0.1) is 6.58 Å². The van der Waals surface area contributed by atoms with Crippen molar-refractivity contribution in [3.63, 3.8) is 0 Å². The Labute approximate surface area is 158 Å². The lowest BCUT2D eigenvalue weighted by molar-refractivity contribution is -0.385. The average molecular weight is 419 g/mol. The highest BCUT2D eigenvalue weighted by atomic mass is 79.9. The Kier molecular flexibility index (Phi) is 6.80. The predicted octanol–water partition coefficient (Wildman–Crippen LogP) is 4.72. The van der Waals surface area contributed by atoms with Crippen molar-refractivity contribution in [2.24, 2.45) is 0 Å². The van der Waals surface area contributed by atoms with Crippen LogP contribution in [-0.2, 0) is 11.3 Å². The molecule has 7 heteroatoms. The third kappa shape index (κ3) is 5.10. The van der Waals surface area contributed by atoms with Crippen molar-refractivity contribution < 1.29 is 14.1 Å². The number of carbonyl (C=O) groups is 1. The average Bonchev–Trinajstić information content (AvgIpc) is 2.62. The van der Waals surface area contributed by atoms with E-state index in [0.29, 0.717) is 15.6 Å². The predicted molar refractivity (Wildman–Crippen MR) is 102 cm³/mol. The number of halogens is 2. The number of rotatable bonds is 7. The summed E-state index contributed by atoms with van der Waals surface area (Å²) in [6.45, 7) is 3.88. The number of para-hydroxylation sites is 1. The van der Waals surface area contributed by atoms with Gasteiger partial charge >= 0.3 is 0 Å². The first-order valence-corrected chi connectivity index (χ1v) is 8.47. The van der Waals surface area contributed by atoms with Gasteiger partial charge in [0, 0.05) is 35.3 Å². The molecule has 0 bridgehead atoms. The van der Waals surface area contributed by atoms with Gasteiger partial charge in [0.1, 0.15) is 5.82 Å². The molecule has 2 rings (SSSR count). The fraction of sp³-hybridized carbons (Fsp3) is 0.105. The molecule has 26 heavy (non-hydrogen) atoms. The van der Waals surface area contributed by atoms with Gasteiger partial charge in [0.05, 0.1) is 10.5 Å². The highest BCUT2D eigenvalue weighted by Crippen LogP contribution is 2.20. The largest absolute Gasteiger partial charge is 0.331 e. The van der Waals surface area contributed by atoms with Gasteiger partial charge in [0.2, 0.25) is 5.91 Å². The van der Waals surface area contributed by atoms with Crippen LogP contribution in [0.15, 0.2) is 65.7 Å². The Bertz CT molecular complexity index is 868. The molecular weight excluding hydrogens is 403 g/mol. The van der Waals surface area contributed by atoms with Crippen molar-refractivity contribution >= 4 is 33.6 Å². The molecule has 2 aromatic carbocycles. The molecular formula is C19H16BrFN2O3. The number of hydrogen-bond acceptors (Lipinski definition) is 3. The van der Waals surface area contributed by atoms with Crippen molar-refractivity contribution in [3.05, 3.63) is 92.7 Å². The summed E-state index contributed by atoms with van der Waals surface area (Å²) in [6.07, 6.45) is 4.15. The summed E-state index contributed by atoms with van der Waals surface area (Å²) in [5.41, 5.74) is 0.580. The SMILES string of the molecule is C=CCN(Cc1cc(Br)ccc1F)C(=O)/C=C/c1ccccc1[N+](=O)[O-]. The molecule has 0 aliphatic rings. The first-order valence-electron chi connectivity index (χ1n) is 7.67. The van der Waals surface area contributed by atoms with Crippen LogP contribution in [0.3, 0.4) is 0 Å². The van der Waals surface area contributed by atoms with Gasteiger partial charge in [-0.3, -0.25) is 14.9 Å². The van der Waals surface area contributed by atoms with Crippen LogP contribution in [0.5, 0.6) is 0 Å². The quantitative estimate of drug-likeness (QED) is 0.282. The summed E-state index contributed by atoms with van der Waals surface area (Å²) in [7, 11) is 0. The zero-order valence-corrected chi connectivity index (χ0v) is 15.4. The van der Waals surface area contributed by atoms with Gasteiger partial charge in [-0.25, -0.2) is 4.39 Å². The van der Waals surface area contributed by atoms with Crippen LogP contribution in [0.25, 0.3) is 6.08 Å². The molecule has 5 nitrogen and oxygen atoms in total. The van der Waals surface area contributed by atoms with E-state index in [9.17, 15) is 19.3 Å². The van der Waals surface area contributed by atoms with Gasteiger partial charge in [-0.05, 0) is 30.3 Å². The van der Waals surface area contributed by atoms with Crippen LogP contribution in [0.4, 0.5) is 10.1 Å². The fourth-order valence-corrected chi connectivity index (χ4v) is 2.73. The second-order valence-electron chi connectivity index (χ2n) is 5.39. The normalized spacial score (nSPS) is 10.7. The molecule has 0 atom stereocenters. The molecule has 0 aliphatic heterocycles. The Morgan fingerprint density at radius 3 is 2.73 bits per heavy atom. The number of carbonyl (C=O) groups excluding carboxylic acids is 1. The minimum atomic E-state index is -0.511. The van der Waals surface area contributed by atoms with Crippen LogP contribution in [0, 0.1) is 15.9 Å². The molecule has 0 radical (unpaired) electrons.